The van der Waals surface area contributed by atoms with Crippen LogP contribution in [0.2, 0.25) is 0 Å². The predicted molar refractivity (Wildman–Crippen MR) is 135 cm³/mol. The third-order valence-corrected chi connectivity index (χ3v) is 7.84. The van der Waals surface area contributed by atoms with Crippen molar-refractivity contribution in [2.75, 3.05) is 11.1 Å². The number of thioether (sulfide) groups is 1. The van der Waals surface area contributed by atoms with Gasteiger partial charge in [0.2, 0.25) is 5.91 Å². The summed E-state index contributed by atoms with van der Waals surface area (Å²) in [6, 6.07) is 16.8. The third kappa shape index (κ3) is 4.39. The Bertz CT molecular complexity index is 1360. The molecule has 0 bridgehead atoms. The summed E-state index contributed by atoms with van der Waals surface area (Å²) >= 11 is 3.02. The molecular formula is C25H24N6OS2. The van der Waals surface area contributed by atoms with Crippen LogP contribution in [0.1, 0.15) is 41.3 Å². The first-order valence-electron chi connectivity index (χ1n) is 11.1. The maximum atomic E-state index is 13.0. The zero-order valence-electron chi connectivity index (χ0n) is 19.0. The molecule has 4 aromatic rings. The molecule has 1 saturated carbocycles. The van der Waals surface area contributed by atoms with Crippen molar-refractivity contribution < 1.29 is 4.79 Å². The highest BCUT2D eigenvalue weighted by molar-refractivity contribution is 7.99. The Balaban J connectivity index is 1.35. The second-order valence-corrected chi connectivity index (χ2v) is 10.2. The monoisotopic (exact) mass is 488 g/mol. The lowest BCUT2D eigenvalue weighted by Crippen LogP contribution is -2.19. The van der Waals surface area contributed by atoms with Crippen LogP contribution in [0, 0.1) is 25.2 Å². The van der Waals surface area contributed by atoms with Crippen LogP contribution in [0.4, 0.5) is 5.82 Å². The highest BCUT2D eigenvalue weighted by atomic mass is 32.2. The van der Waals surface area contributed by atoms with Gasteiger partial charge in [-0.1, -0.05) is 48.2 Å². The van der Waals surface area contributed by atoms with Crippen molar-refractivity contribution in [3.05, 3.63) is 70.2 Å². The first-order chi connectivity index (χ1) is 16.6. The van der Waals surface area contributed by atoms with E-state index in [2.05, 4.69) is 26.2 Å². The molecule has 1 aliphatic rings. The Kier molecular flexibility index (Phi) is 6.26. The molecule has 1 aliphatic carbocycles. The van der Waals surface area contributed by atoms with Crippen molar-refractivity contribution in [3.8, 4) is 16.8 Å². The average molecular weight is 489 g/mol. The number of amides is 1. The van der Waals surface area contributed by atoms with Gasteiger partial charge >= 0.3 is 0 Å². The molecule has 0 spiro atoms. The molecule has 0 aliphatic heterocycles. The van der Waals surface area contributed by atoms with Gasteiger partial charge in [-0.3, -0.25) is 9.36 Å². The minimum absolute atomic E-state index is 0.170. The fraction of sp³-hybridized carbons (Fsp3) is 0.280. The number of nitrogens with zero attached hydrogens (tertiary/aromatic N) is 5. The Morgan fingerprint density at radius 3 is 2.68 bits per heavy atom. The van der Waals surface area contributed by atoms with Gasteiger partial charge in [0.1, 0.15) is 11.9 Å². The van der Waals surface area contributed by atoms with Crippen molar-refractivity contribution in [3.63, 3.8) is 0 Å². The zero-order valence-corrected chi connectivity index (χ0v) is 20.6. The van der Waals surface area contributed by atoms with Crippen molar-refractivity contribution in [1.82, 2.24) is 19.3 Å². The van der Waals surface area contributed by atoms with Gasteiger partial charge in [-0.2, -0.15) is 5.26 Å². The summed E-state index contributed by atoms with van der Waals surface area (Å²) in [4.78, 5) is 14.1. The summed E-state index contributed by atoms with van der Waals surface area (Å²) in [7, 11) is 0. The fourth-order valence-corrected chi connectivity index (χ4v) is 5.51. The lowest BCUT2D eigenvalue weighted by molar-refractivity contribution is -0.113. The first kappa shape index (κ1) is 22.4. The number of rotatable bonds is 8. The summed E-state index contributed by atoms with van der Waals surface area (Å²) in [5, 5.41) is 24.4. The highest BCUT2D eigenvalue weighted by Gasteiger charge is 2.30. The Labute approximate surface area is 206 Å². The van der Waals surface area contributed by atoms with Crippen LogP contribution in [0.5, 0.6) is 0 Å². The summed E-state index contributed by atoms with van der Waals surface area (Å²) in [5.74, 6) is 1.44. The van der Waals surface area contributed by atoms with Crippen LogP contribution in [-0.2, 0) is 11.3 Å². The molecule has 1 fully saturated rings. The average Bonchev–Trinajstić information content (AvgIpc) is 3.28. The van der Waals surface area contributed by atoms with Gasteiger partial charge in [0.05, 0.1) is 16.2 Å². The van der Waals surface area contributed by atoms with Crippen molar-refractivity contribution >= 4 is 34.8 Å². The van der Waals surface area contributed by atoms with Crippen molar-refractivity contribution in [1.29, 1.82) is 5.26 Å². The van der Waals surface area contributed by atoms with E-state index in [0.29, 0.717) is 24.0 Å². The lowest BCUT2D eigenvalue weighted by atomic mass is 10.2. The minimum atomic E-state index is -0.170. The molecule has 1 aromatic carbocycles. The van der Waals surface area contributed by atoms with Crippen LogP contribution in [0.15, 0.2) is 53.0 Å². The van der Waals surface area contributed by atoms with Crippen LogP contribution in [0.25, 0.3) is 10.7 Å². The minimum Gasteiger partial charge on any atom is -0.326 e. The van der Waals surface area contributed by atoms with Crippen molar-refractivity contribution in [2.45, 2.75) is 44.4 Å². The molecule has 5 rings (SSSR count). The third-order valence-electron chi connectivity index (χ3n) is 6.03. The predicted octanol–water partition coefficient (Wildman–Crippen LogP) is 5.41. The van der Waals surface area contributed by atoms with E-state index in [1.54, 1.807) is 11.3 Å². The molecular weight excluding hydrogens is 464 g/mol. The number of nitriles is 1. The molecule has 9 heteroatoms. The maximum absolute atomic E-state index is 13.0. The number of hydrogen-bond donors (Lipinski definition) is 1. The number of aromatic nitrogens is 4. The summed E-state index contributed by atoms with van der Waals surface area (Å²) in [6.07, 6.45) is 2.21. The summed E-state index contributed by atoms with van der Waals surface area (Å²) < 4.78 is 4.17. The van der Waals surface area contributed by atoms with E-state index < -0.39 is 0 Å². The van der Waals surface area contributed by atoms with Gasteiger partial charge in [0.15, 0.2) is 11.0 Å². The number of anilines is 1. The smallest absolute Gasteiger partial charge is 0.235 e. The van der Waals surface area contributed by atoms with E-state index in [1.807, 2.05) is 66.3 Å². The normalized spacial score (nSPS) is 13.1. The molecule has 0 unspecified atom stereocenters. The van der Waals surface area contributed by atoms with E-state index in [-0.39, 0.29) is 11.7 Å². The van der Waals surface area contributed by atoms with Crippen LogP contribution >= 0.6 is 23.1 Å². The molecule has 0 saturated heterocycles. The van der Waals surface area contributed by atoms with Crippen LogP contribution in [0.3, 0.4) is 0 Å². The first-order valence-corrected chi connectivity index (χ1v) is 13.0. The Morgan fingerprint density at radius 2 is 2.00 bits per heavy atom. The fourth-order valence-electron chi connectivity index (χ4n) is 4.00. The van der Waals surface area contributed by atoms with Gasteiger partial charge < -0.3 is 9.88 Å². The molecule has 1 N–H and O–H groups in total. The quantitative estimate of drug-likeness (QED) is 0.335. The molecule has 7 nitrogen and oxygen atoms in total. The molecule has 34 heavy (non-hydrogen) atoms. The van der Waals surface area contributed by atoms with Gasteiger partial charge in [0, 0.05) is 18.3 Å². The SMILES string of the molecule is Cc1c(C#N)c(NC(=O)CSc2nnc(-c3cccs3)n2C2CC2)n(Cc2ccccc2)c1C. The molecule has 1 amide bonds. The Morgan fingerprint density at radius 1 is 1.21 bits per heavy atom. The maximum Gasteiger partial charge on any atom is 0.235 e. The zero-order chi connectivity index (χ0) is 23.7. The number of nitrogens with one attached hydrogen (secondary N) is 1. The number of hydrogen-bond acceptors (Lipinski definition) is 6. The second-order valence-electron chi connectivity index (χ2n) is 8.34. The topological polar surface area (TPSA) is 88.5 Å². The molecule has 0 radical (unpaired) electrons. The standard InChI is InChI=1S/C25H24N6OS2/c1-16-17(2)30(14-18-7-4-3-5-8-18)23(20(16)13-26)27-22(32)15-34-25-29-28-24(21-9-6-12-33-21)31(25)19-10-11-19/h3-9,12,19H,10-11,14-15H2,1-2H3,(H,27,32). The number of carbonyl (C=O) groups excluding carboxylic acids is 1. The van der Waals surface area contributed by atoms with E-state index in [4.69, 9.17) is 0 Å². The second kappa shape index (κ2) is 9.49. The van der Waals surface area contributed by atoms with Gasteiger partial charge in [0.25, 0.3) is 0 Å². The van der Waals surface area contributed by atoms with Crippen molar-refractivity contribution in [2.24, 2.45) is 0 Å². The number of thiophene rings is 1. The molecule has 172 valence electrons. The highest BCUT2D eigenvalue weighted by Crippen LogP contribution is 2.41. The van der Waals surface area contributed by atoms with Crippen LogP contribution in [-0.4, -0.2) is 31.0 Å². The lowest BCUT2D eigenvalue weighted by Gasteiger charge is -2.13. The molecule has 3 heterocycles. The van der Waals surface area contributed by atoms with E-state index in [0.717, 1.165) is 45.5 Å². The molecule has 0 atom stereocenters. The largest absolute Gasteiger partial charge is 0.326 e. The molecule has 3 aromatic heterocycles. The van der Waals surface area contributed by atoms with Gasteiger partial charge in [-0.25, -0.2) is 0 Å². The van der Waals surface area contributed by atoms with E-state index in [1.165, 1.54) is 11.8 Å². The number of benzene rings is 1. The summed E-state index contributed by atoms with van der Waals surface area (Å²) in [5.41, 5.74) is 3.47. The van der Waals surface area contributed by atoms with E-state index >= 15 is 0 Å². The van der Waals surface area contributed by atoms with E-state index in [9.17, 15) is 10.1 Å². The number of carbonyl (C=O) groups is 1. The van der Waals surface area contributed by atoms with Crippen LogP contribution < -0.4 is 5.32 Å². The Hall–Kier alpha value is -3.35. The van der Waals surface area contributed by atoms with Gasteiger partial charge in [-0.15, -0.1) is 21.5 Å². The van der Waals surface area contributed by atoms with Gasteiger partial charge in [-0.05, 0) is 49.3 Å². The summed E-state index contributed by atoms with van der Waals surface area (Å²) in [6.45, 7) is 4.48.